The molecule has 5 nitrogen and oxygen atoms in total. The maximum absolute atomic E-state index is 5.99. The predicted molar refractivity (Wildman–Crippen MR) is 81.7 cm³/mol. The summed E-state index contributed by atoms with van der Waals surface area (Å²) >= 11 is 0. The molecule has 0 aromatic heterocycles. The summed E-state index contributed by atoms with van der Waals surface area (Å²) < 4.78 is 5.30. The summed E-state index contributed by atoms with van der Waals surface area (Å²) in [4.78, 5) is 8.79. The molecule has 1 heterocycles. The van der Waals surface area contributed by atoms with E-state index in [2.05, 4.69) is 46.1 Å². The first kappa shape index (κ1) is 14.8. The molecule has 0 saturated carbocycles. The lowest BCUT2D eigenvalue weighted by molar-refractivity contribution is 0.0674. The smallest absolute Gasteiger partial charge is 0.191 e. The molecule has 0 bridgehead atoms. The van der Waals surface area contributed by atoms with Gasteiger partial charge in [0.1, 0.15) is 0 Å². The molecule has 110 valence electrons. The van der Waals surface area contributed by atoms with Gasteiger partial charge in [-0.15, -0.1) is 0 Å². The van der Waals surface area contributed by atoms with E-state index >= 15 is 0 Å². The highest BCUT2D eigenvalue weighted by Gasteiger charge is 2.11. The fourth-order valence-electron chi connectivity index (χ4n) is 2.20. The molecule has 2 rings (SSSR count). The van der Waals surface area contributed by atoms with Crippen molar-refractivity contribution < 1.29 is 4.74 Å². The lowest BCUT2D eigenvalue weighted by atomic mass is 10.2. The lowest BCUT2D eigenvalue weighted by Crippen LogP contribution is -2.45. The van der Waals surface area contributed by atoms with Crippen molar-refractivity contribution in [2.75, 3.05) is 46.4 Å². The Morgan fingerprint density at radius 1 is 1.30 bits per heavy atom. The third-order valence-corrected chi connectivity index (χ3v) is 3.39. The van der Waals surface area contributed by atoms with E-state index in [1.54, 1.807) is 0 Å². The minimum absolute atomic E-state index is 0.640. The van der Waals surface area contributed by atoms with Gasteiger partial charge in [-0.05, 0) is 12.6 Å². The third-order valence-electron chi connectivity index (χ3n) is 3.39. The van der Waals surface area contributed by atoms with Gasteiger partial charge in [-0.2, -0.15) is 0 Å². The van der Waals surface area contributed by atoms with Crippen LogP contribution < -0.4 is 5.73 Å². The van der Waals surface area contributed by atoms with E-state index in [0.717, 1.165) is 45.9 Å². The molecule has 0 amide bonds. The second kappa shape index (κ2) is 7.87. The maximum atomic E-state index is 5.99. The van der Waals surface area contributed by atoms with Crippen LogP contribution >= 0.6 is 0 Å². The summed E-state index contributed by atoms with van der Waals surface area (Å²) in [6, 6.07) is 10.5. The zero-order valence-electron chi connectivity index (χ0n) is 12.2. The average Bonchev–Trinajstić information content (AvgIpc) is 2.49. The van der Waals surface area contributed by atoms with Gasteiger partial charge in [0.25, 0.3) is 0 Å². The van der Waals surface area contributed by atoms with Crippen molar-refractivity contribution >= 4 is 5.96 Å². The number of nitrogens with zero attached hydrogens (tertiary/aromatic N) is 3. The molecule has 2 N–H and O–H groups in total. The third kappa shape index (κ3) is 4.83. The Hall–Kier alpha value is -1.59. The van der Waals surface area contributed by atoms with Crippen LogP contribution in [0.5, 0.6) is 0 Å². The van der Waals surface area contributed by atoms with Crippen LogP contribution in [0.15, 0.2) is 35.3 Å². The van der Waals surface area contributed by atoms with E-state index in [0.29, 0.717) is 5.96 Å². The molecule has 0 atom stereocenters. The van der Waals surface area contributed by atoms with Crippen molar-refractivity contribution in [3.8, 4) is 0 Å². The fraction of sp³-hybridized carbons (Fsp3) is 0.533. The van der Waals surface area contributed by atoms with E-state index in [-0.39, 0.29) is 0 Å². The van der Waals surface area contributed by atoms with Gasteiger partial charge in [0, 0.05) is 26.2 Å². The molecule has 1 saturated heterocycles. The highest BCUT2D eigenvalue weighted by atomic mass is 16.5. The minimum atomic E-state index is 0.640. The Morgan fingerprint density at radius 3 is 2.70 bits per heavy atom. The molecular formula is C15H24N4O. The fourth-order valence-corrected chi connectivity index (χ4v) is 2.20. The SMILES string of the molecule is CN(CCN=C(N)N1CCOCC1)Cc1ccccc1. The number of guanidine groups is 1. The summed E-state index contributed by atoms with van der Waals surface area (Å²) in [6.45, 7) is 5.74. The van der Waals surface area contributed by atoms with Crippen molar-refractivity contribution in [2.24, 2.45) is 10.7 Å². The van der Waals surface area contributed by atoms with Crippen molar-refractivity contribution in [1.82, 2.24) is 9.80 Å². The number of rotatable bonds is 5. The van der Waals surface area contributed by atoms with Gasteiger partial charge in [0.15, 0.2) is 5.96 Å². The molecular weight excluding hydrogens is 252 g/mol. The first-order valence-electron chi connectivity index (χ1n) is 7.11. The van der Waals surface area contributed by atoms with Crippen LogP contribution in [0.25, 0.3) is 0 Å². The molecule has 1 aliphatic heterocycles. The molecule has 0 radical (unpaired) electrons. The van der Waals surface area contributed by atoms with Gasteiger partial charge >= 0.3 is 0 Å². The Kier molecular flexibility index (Phi) is 5.83. The summed E-state index contributed by atoms with van der Waals surface area (Å²) in [5.41, 5.74) is 7.31. The van der Waals surface area contributed by atoms with E-state index in [4.69, 9.17) is 10.5 Å². The number of morpholine rings is 1. The van der Waals surface area contributed by atoms with Crippen LogP contribution in [0.1, 0.15) is 5.56 Å². The Bertz CT molecular complexity index is 415. The largest absolute Gasteiger partial charge is 0.378 e. The van der Waals surface area contributed by atoms with E-state index in [9.17, 15) is 0 Å². The van der Waals surface area contributed by atoms with Crippen LogP contribution in [0.3, 0.4) is 0 Å². The summed E-state index contributed by atoms with van der Waals surface area (Å²) in [6.07, 6.45) is 0. The summed E-state index contributed by atoms with van der Waals surface area (Å²) in [5, 5.41) is 0. The van der Waals surface area contributed by atoms with Gasteiger partial charge in [0.05, 0.1) is 19.8 Å². The highest BCUT2D eigenvalue weighted by molar-refractivity contribution is 5.78. The molecule has 0 spiro atoms. The first-order chi connectivity index (χ1) is 9.75. The van der Waals surface area contributed by atoms with Crippen LogP contribution in [0.2, 0.25) is 0 Å². The van der Waals surface area contributed by atoms with Crippen LogP contribution in [0, 0.1) is 0 Å². The Labute approximate surface area is 121 Å². The van der Waals surface area contributed by atoms with Gasteiger partial charge < -0.3 is 20.3 Å². The molecule has 0 unspecified atom stereocenters. The quantitative estimate of drug-likeness (QED) is 0.637. The standard InChI is InChI=1S/C15H24N4O/c1-18(13-14-5-3-2-4-6-14)8-7-17-15(16)19-9-11-20-12-10-19/h2-6H,7-13H2,1H3,(H2,16,17). The number of hydrogen-bond acceptors (Lipinski definition) is 3. The minimum Gasteiger partial charge on any atom is -0.378 e. The van der Waals surface area contributed by atoms with Crippen molar-refractivity contribution in [3.63, 3.8) is 0 Å². The van der Waals surface area contributed by atoms with E-state index < -0.39 is 0 Å². The summed E-state index contributed by atoms with van der Waals surface area (Å²) in [5.74, 6) is 0.640. The number of benzene rings is 1. The second-order valence-corrected chi connectivity index (χ2v) is 5.06. The molecule has 1 aromatic carbocycles. The normalized spacial score (nSPS) is 16.7. The van der Waals surface area contributed by atoms with Gasteiger partial charge in [-0.3, -0.25) is 4.99 Å². The lowest BCUT2D eigenvalue weighted by Gasteiger charge is -2.27. The summed E-state index contributed by atoms with van der Waals surface area (Å²) in [7, 11) is 2.10. The molecule has 20 heavy (non-hydrogen) atoms. The topological polar surface area (TPSA) is 54.1 Å². The van der Waals surface area contributed by atoms with Crippen molar-refractivity contribution in [1.29, 1.82) is 0 Å². The van der Waals surface area contributed by atoms with Crippen LogP contribution in [0.4, 0.5) is 0 Å². The monoisotopic (exact) mass is 276 g/mol. The molecule has 1 aromatic rings. The number of hydrogen-bond donors (Lipinski definition) is 1. The van der Waals surface area contributed by atoms with E-state index in [1.807, 2.05) is 6.07 Å². The average molecular weight is 276 g/mol. The van der Waals surface area contributed by atoms with Gasteiger partial charge in [-0.1, -0.05) is 30.3 Å². The molecule has 1 aliphatic rings. The maximum Gasteiger partial charge on any atom is 0.191 e. The van der Waals surface area contributed by atoms with Gasteiger partial charge in [0.2, 0.25) is 0 Å². The molecule has 0 aliphatic carbocycles. The number of likely N-dealkylation sites (N-methyl/N-ethyl adjacent to an activating group) is 1. The highest BCUT2D eigenvalue weighted by Crippen LogP contribution is 2.02. The van der Waals surface area contributed by atoms with Crippen molar-refractivity contribution in [2.45, 2.75) is 6.54 Å². The Balaban J connectivity index is 1.71. The second-order valence-electron chi connectivity index (χ2n) is 5.06. The van der Waals surface area contributed by atoms with Gasteiger partial charge in [-0.25, -0.2) is 0 Å². The Morgan fingerprint density at radius 2 is 2.00 bits per heavy atom. The molecule has 1 fully saturated rings. The van der Waals surface area contributed by atoms with Crippen molar-refractivity contribution in [3.05, 3.63) is 35.9 Å². The zero-order chi connectivity index (χ0) is 14.2. The van der Waals surface area contributed by atoms with Crippen LogP contribution in [-0.4, -0.2) is 62.2 Å². The predicted octanol–water partition coefficient (Wildman–Crippen LogP) is 0.765. The number of nitrogens with two attached hydrogens (primary N) is 1. The number of aliphatic imine (C=N–C) groups is 1. The van der Waals surface area contributed by atoms with E-state index in [1.165, 1.54) is 5.56 Å². The first-order valence-corrected chi connectivity index (χ1v) is 7.11. The zero-order valence-corrected chi connectivity index (χ0v) is 12.2. The van der Waals surface area contributed by atoms with Crippen LogP contribution in [-0.2, 0) is 11.3 Å². The molecule has 5 heteroatoms. The number of ether oxygens (including phenoxy) is 1.